The maximum Gasteiger partial charge on any atom is 0.223 e. The monoisotopic (exact) mass is 497 g/mol. The van der Waals surface area contributed by atoms with Crippen LogP contribution in [0.3, 0.4) is 0 Å². The van der Waals surface area contributed by atoms with E-state index in [9.17, 15) is 19.5 Å². The number of halogens is 3. The number of anilines is 2. The van der Waals surface area contributed by atoms with Crippen molar-refractivity contribution in [2.24, 2.45) is 0 Å². The average molecular weight is 500 g/mol. The molecule has 9 heteroatoms. The van der Waals surface area contributed by atoms with Gasteiger partial charge in [-0.1, -0.05) is 0 Å². The second kappa shape index (κ2) is 7.10. The van der Waals surface area contributed by atoms with Crippen LogP contribution in [0.25, 0.3) is 0 Å². The van der Waals surface area contributed by atoms with E-state index in [-0.39, 0.29) is 37.7 Å². The third kappa shape index (κ3) is 3.36. The largest absolute Gasteiger partial charge is 0.545 e. The van der Waals surface area contributed by atoms with Gasteiger partial charge < -0.3 is 19.7 Å². The molecule has 0 bridgehead atoms. The zero-order valence-corrected chi connectivity index (χ0v) is 16.9. The minimum absolute atomic E-state index is 0.171. The lowest BCUT2D eigenvalue weighted by atomic mass is 10.1. The van der Waals surface area contributed by atoms with Gasteiger partial charge in [0.2, 0.25) is 11.8 Å². The van der Waals surface area contributed by atoms with Crippen LogP contribution < -0.4 is 14.9 Å². The van der Waals surface area contributed by atoms with Crippen LogP contribution in [-0.2, 0) is 9.59 Å². The maximum atomic E-state index is 11.7. The third-order valence-corrected chi connectivity index (χ3v) is 5.39. The van der Waals surface area contributed by atoms with Crippen molar-refractivity contribution in [1.29, 1.82) is 0 Å². The van der Waals surface area contributed by atoms with Gasteiger partial charge in [0.15, 0.2) is 0 Å². The molecule has 6 nitrogen and oxygen atoms in total. The number of carboxylic acids is 1. The summed E-state index contributed by atoms with van der Waals surface area (Å²) in [6.45, 7) is 2.68. The van der Waals surface area contributed by atoms with Crippen LogP contribution in [0.1, 0.15) is 24.2 Å². The van der Waals surface area contributed by atoms with E-state index in [1.54, 1.807) is 0 Å². The topological polar surface area (TPSA) is 80.8 Å². The van der Waals surface area contributed by atoms with Crippen LogP contribution in [0.5, 0.6) is 0 Å². The Balaban J connectivity index is 3.91. The van der Waals surface area contributed by atoms with Gasteiger partial charge in [-0.3, -0.25) is 9.59 Å². The number of carbonyl (C=O) groups is 3. The highest BCUT2D eigenvalue weighted by Gasteiger charge is 2.27. The van der Waals surface area contributed by atoms with Gasteiger partial charge in [-0.15, -0.1) is 0 Å². The van der Waals surface area contributed by atoms with Gasteiger partial charge in [0, 0.05) is 33.5 Å². The molecule has 120 valence electrons. The summed E-state index contributed by atoms with van der Waals surface area (Å²) in [5.74, 6) is -2.04. The predicted molar refractivity (Wildman–Crippen MR) is 92.0 cm³/mol. The summed E-state index contributed by atoms with van der Waals surface area (Å²) < 4.78 is 0.737. The van der Waals surface area contributed by atoms with Crippen molar-refractivity contribution in [1.82, 2.24) is 0 Å². The van der Waals surface area contributed by atoms with Crippen molar-refractivity contribution in [2.45, 2.75) is 13.8 Å². The number of amides is 2. The van der Waals surface area contributed by atoms with Crippen LogP contribution in [-0.4, -0.2) is 31.9 Å². The van der Waals surface area contributed by atoms with Gasteiger partial charge in [0.1, 0.15) is 0 Å². The molecular weight excluding hydrogens is 488 g/mol. The Morgan fingerprint density at radius 2 is 1.14 bits per heavy atom. The molecule has 22 heavy (non-hydrogen) atoms. The molecule has 0 spiro atoms. The molecule has 1 aromatic carbocycles. The summed E-state index contributed by atoms with van der Waals surface area (Å²) in [6, 6.07) is 0. The number of hydrogen-bond acceptors (Lipinski definition) is 4. The highest BCUT2D eigenvalue weighted by molar-refractivity contribution is 9.12. The Morgan fingerprint density at radius 1 is 0.818 bits per heavy atom. The molecule has 0 aliphatic rings. The molecule has 1 aromatic rings. The Labute approximate surface area is 152 Å². The van der Waals surface area contributed by atoms with Crippen molar-refractivity contribution >= 4 is 76.9 Å². The first kappa shape index (κ1) is 19.1. The zero-order chi connectivity index (χ0) is 17.4. The second-order valence-corrected chi connectivity index (χ2v) is 6.84. The van der Waals surface area contributed by atoms with Gasteiger partial charge in [-0.05, 0) is 47.8 Å². The van der Waals surface area contributed by atoms with E-state index >= 15 is 0 Å². The number of aromatic carboxylic acids is 1. The SMILES string of the molecule is CC(=O)N(C)c1c(Br)c(C(=O)[O-])c(Br)c(N(C)C(C)=O)c1Br. The van der Waals surface area contributed by atoms with Crippen LogP contribution >= 0.6 is 47.8 Å². The fourth-order valence-electron chi connectivity index (χ4n) is 1.72. The van der Waals surface area contributed by atoms with E-state index in [2.05, 4.69) is 47.8 Å². The molecular formula is C13H12Br3N2O4-. The summed E-state index contributed by atoms with van der Waals surface area (Å²) in [7, 11) is 3.00. The minimum atomic E-state index is -1.44. The van der Waals surface area contributed by atoms with Gasteiger partial charge in [-0.2, -0.15) is 0 Å². The number of hydrogen-bond donors (Lipinski definition) is 0. The smallest absolute Gasteiger partial charge is 0.223 e. The number of rotatable bonds is 3. The molecule has 0 saturated heterocycles. The number of nitrogens with zero attached hydrogens (tertiary/aromatic N) is 2. The highest BCUT2D eigenvalue weighted by Crippen LogP contribution is 2.47. The molecule has 0 radical (unpaired) electrons. The molecule has 0 N–H and O–H groups in total. The quantitative estimate of drug-likeness (QED) is 0.639. The molecule has 0 heterocycles. The number of carboxylic acid groups (broad SMARTS) is 1. The van der Waals surface area contributed by atoms with Crippen molar-refractivity contribution < 1.29 is 19.5 Å². The number of carbonyl (C=O) groups excluding carboxylic acids is 3. The second-order valence-electron chi connectivity index (χ2n) is 4.46. The summed E-state index contributed by atoms with van der Waals surface area (Å²) in [5, 5.41) is 11.4. The van der Waals surface area contributed by atoms with Crippen molar-refractivity contribution in [2.75, 3.05) is 23.9 Å². The first-order valence-corrected chi connectivity index (χ1v) is 8.30. The molecule has 1 rings (SSSR count). The van der Waals surface area contributed by atoms with Gasteiger partial charge in [0.05, 0.1) is 30.8 Å². The molecule has 0 aromatic heterocycles. The number of benzene rings is 1. The standard InChI is InChI=1S/C13H13Br3N2O4/c1-5(19)17(3)11-8(14)7(13(21)22)9(15)12(10(11)16)18(4)6(2)20/h1-4H3,(H,21,22)/p-1. The zero-order valence-electron chi connectivity index (χ0n) is 12.2. The van der Waals surface area contributed by atoms with E-state index < -0.39 is 5.97 Å². The molecule has 0 unspecified atom stereocenters. The Hall–Kier alpha value is -0.930. The van der Waals surface area contributed by atoms with E-state index in [1.165, 1.54) is 37.7 Å². The predicted octanol–water partition coefficient (Wildman–Crippen LogP) is 2.30. The first-order valence-electron chi connectivity index (χ1n) is 5.92. The van der Waals surface area contributed by atoms with Crippen molar-refractivity contribution in [3.63, 3.8) is 0 Å². The van der Waals surface area contributed by atoms with Gasteiger partial charge in [-0.25, -0.2) is 0 Å². The third-order valence-electron chi connectivity index (χ3n) is 3.09. The van der Waals surface area contributed by atoms with Crippen LogP contribution in [0.4, 0.5) is 11.4 Å². The van der Waals surface area contributed by atoms with Crippen LogP contribution in [0.15, 0.2) is 13.4 Å². The summed E-state index contributed by atoms with van der Waals surface area (Å²) >= 11 is 9.73. The normalized spacial score (nSPS) is 10.3. The van der Waals surface area contributed by atoms with Crippen LogP contribution in [0.2, 0.25) is 0 Å². The van der Waals surface area contributed by atoms with Crippen molar-refractivity contribution in [3.8, 4) is 0 Å². The summed E-state index contributed by atoms with van der Waals surface area (Å²) in [6.07, 6.45) is 0. The Kier molecular flexibility index (Phi) is 6.17. The average Bonchev–Trinajstić information content (AvgIpc) is 2.37. The van der Waals surface area contributed by atoms with E-state index in [0.717, 1.165) is 0 Å². The fourth-order valence-corrected chi connectivity index (χ4v) is 5.10. The lowest BCUT2D eigenvalue weighted by molar-refractivity contribution is -0.255. The van der Waals surface area contributed by atoms with Gasteiger partial charge in [0.25, 0.3) is 0 Å². The molecule has 0 atom stereocenters. The lowest BCUT2D eigenvalue weighted by Crippen LogP contribution is -2.30. The fraction of sp³-hybridized carbons (Fsp3) is 0.308. The molecule has 0 aliphatic carbocycles. The molecule has 0 fully saturated rings. The highest BCUT2D eigenvalue weighted by atomic mass is 79.9. The van der Waals surface area contributed by atoms with Crippen molar-refractivity contribution in [3.05, 3.63) is 19.0 Å². The molecule has 0 saturated carbocycles. The Morgan fingerprint density at radius 3 is 1.36 bits per heavy atom. The lowest BCUT2D eigenvalue weighted by Gasteiger charge is -2.28. The molecule has 2 amide bonds. The molecule has 0 aliphatic heterocycles. The summed E-state index contributed by atoms with van der Waals surface area (Å²) in [5.41, 5.74) is 0.394. The summed E-state index contributed by atoms with van der Waals surface area (Å²) in [4.78, 5) is 37.3. The first-order chi connectivity index (χ1) is 10.0. The Bertz CT molecular complexity index is 629. The van der Waals surface area contributed by atoms with E-state index in [4.69, 9.17) is 0 Å². The minimum Gasteiger partial charge on any atom is -0.545 e. The van der Waals surface area contributed by atoms with Gasteiger partial charge >= 0.3 is 0 Å². The maximum absolute atomic E-state index is 11.7. The van der Waals surface area contributed by atoms with E-state index in [1.807, 2.05) is 0 Å². The van der Waals surface area contributed by atoms with Crippen LogP contribution in [0, 0.1) is 0 Å². The van der Waals surface area contributed by atoms with E-state index in [0.29, 0.717) is 4.47 Å².